The van der Waals surface area contributed by atoms with Gasteiger partial charge in [0, 0.05) is 52.2 Å². The number of halogens is 1. The maximum atomic E-state index is 12.1. The van der Waals surface area contributed by atoms with Gasteiger partial charge in [0.05, 0.1) is 19.3 Å². The summed E-state index contributed by atoms with van der Waals surface area (Å²) in [4.78, 5) is 21.3. The van der Waals surface area contributed by atoms with Crippen molar-refractivity contribution < 1.29 is 9.53 Å². The first-order chi connectivity index (χ1) is 13.6. The van der Waals surface area contributed by atoms with Gasteiger partial charge < -0.3 is 20.3 Å². The van der Waals surface area contributed by atoms with Gasteiger partial charge in [-0.15, -0.1) is 24.0 Å². The molecule has 0 aromatic heterocycles. The molecule has 1 atom stereocenters. The first-order valence-electron chi connectivity index (χ1n) is 11.2. The van der Waals surface area contributed by atoms with E-state index in [9.17, 15) is 4.79 Å². The lowest BCUT2D eigenvalue weighted by Crippen LogP contribution is -2.46. The van der Waals surface area contributed by atoms with Crippen molar-refractivity contribution in [3.63, 3.8) is 0 Å². The summed E-state index contributed by atoms with van der Waals surface area (Å²) >= 11 is 0. The molecule has 0 bridgehead atoms. The third kappa shape index (κ3) is 10.8. The largest absolute Gasteiger partial charge is 0.374 e. The molecule has 1 unspecified atom stereocenters. The number of ether oxygens (including phenoxy) is 1. The lowest BCUT2D eigenvalue weighted by molar-refractivity contribution is -0.130. The number of nitrogens with zero attached hydrogens (tertiary/aromatic N) is 3. The van der Waals surface area contributed by atoms with Crippen LogP contribution in [0.3, 0.4) is 0 Å². The van der Waals surface area contributed by atoms with E-state index in [1.165, 1.54) is 6.42 Å². The van der Waals surface area contributed by atoms with E-state index in [2.05, 4.69) is 36.3 Å². The molecule has 0 spiro atoms. The molecule has 2 aliphatic rings. The van der Waals surface area contributed by atoms with Crippen molar-refractivity contribution >= 4 is 35.8 Å². The zero-order valence-electron chi connectivity index (χ0n) is 18.6. The molecule has 170 valence electrons. The molecule has 0 aromatic carbocycles. The standard InChI is InChI=1S/C21H41N5O2.HI/c1-4-22-21(23-10-8-12-26-11-7-5-6-9-20(26)27)24-15-19-17-25(13-14-28-19)16-18(2)3;/h18-19H,4-17H2,1-3H3,(H2,22,23,24);1H. The topological polar surface area (TPSA) is 69.2 Å². The number of nitrogens with one attached hydrogen (secondary N) is 2. The fourth-order valence-corrected chi connectivity index (χ4v) is 3.86. The van der Waals surface area contributed by atoms with Crippen LogP contribution in [0.15, 0.2) is 4.99 Å². The number of amides is 1. The van der Waals surface area contributed by atoms with Crippen molar-refractivity contribution in [2.45, 2.75) is 59.0 Å². The fourth-order valence-electron chi connectivity index (χ4n) is 3.86. The minimum Gasteiger partial charge on any atom is -0.374 e. The number of carbonyl (C=O) groups is 1. The Hall–Kier alpha value is -0.610. The van der Waals surface area contributed by atoms with Crippen molar-refractivity contribution in [1.29, 1.82) is 0 Å². The summed E-state index contributed by atoms with van der Waals surface area (Å²) in [6.45, 7) is 14.6. The van der Waals surface area contributed by atoms with Gasteiger partial charge in [0.1, 0.15) is 0 Å². The molecular weight excluding hydrogens is 481 g/mol. The Bertz CT molecular complexity index is 490. The van der Waals surface area contributed by atoms with E-state index in [0.29, 0.717) is 24.8 Å². The minimum absolute atomic E-state index is 0. The van der Waals surface area contributed by atoms with Gasteiger partial charge in [-0.05, 0) is 32.1 Å². The summed E-state index contributed by atoms with van der Waals surface area (Å²) < 4.78 is 5.90. The Morgan fingerprint density at radius 2 is 2.07 bits per heavy atom. The summed E-state index contributed by atoms with van der Waals surface area (Å²) in [7, 11) is 0. The lowest BCUT2D eigenvalue weighted by atomic mass is 10.2. The van der Waals surface area contributed by atoms with Crippen molar-refractivity contribution in [3.8, 4) is 0 Å². The van der Waals surface area contributed by atoms with Gasteiger partial charge >= 0.3 is 0 Å². The Kier molecular flexibility index (Phi) is 13.9. The third-order valence-electron chi connectivity index (χ3n) is 5.21. The van der Waals surface area contributed by atoms with E-state index in [-0.39, 0.29) is 30.1 Å². The molecule has 1 amide bonds. The molecule has 29 heavy (non-hydrogen) atoms. The number of carbonyl (C=O) groups excluding carboxylic acids is 1. The van der Waals surface area contributed by atoms with Crippen LogP contribution in [-0.4, -0.2) is 86.7 Å². The van der Waals surface area contributed by atoms with Crippen LogP contribution in [0.2, 0.25) is 0 Å². The second kappa shape index (κ2) is 15.2. The van der Waals surface area contributed by atoms with Gasteiger partial charge in [-0.25, -0.2) is 0 Å². The van der Waals surface area contributed by atoms with Gasteiger partial charge in [0.25, 0.3) is 0 Å². The lowest BCUT2D eigenvalue weighted by Gasteiger charge is -2.33. The molecular formula is C21H42IN5O2. The molecule has 8 heteroatoms. The van der Waals surface area contributed by atoms with E-state index < -0.39 is 0 Å². The molecule has 0 aromatic rings. The predicted octanol–water partition coefficient (Wildman–Crippen LogP) is 2.31. The number of likely N-dealkylation sites (tertiary alicyclic amines) is 1. The number of hydrogen-bond donors (Lipinski definition) is 2. The molecule has 2 heterocycles. The van der Waals surface area contributed by atoms with Crippen LogP contribution >= 0.6 is 24.0 Å². The van der Waals surface area contributed by atoms with Crippen LogP contribution in [0.4, 0.5) is 0 Å². The van der Waals surface area contributed by atoms with E-state index in [1.54, 1.807) is 0 Å². The fraction of sp³-hybridized carbons (Fsp3) is 0.905. The average Bonchev–Trinajstić information content (AvgIpc) is 2.87. The molecule has 2 N–H and O–H groups in total. The second-order valence-corrected chi connectivity index (χ2v) is 8.34. The maximum Gasteiger partial charge on any atom is 0.222 e. The monoisotopic (exact) mass is 523 g/mol. The smallest absolute Gasteiger partial charge is 0.222 e. The maximum absolute atomic E-state index is 12.1. The van der Waals surface area contributed by atoms with Crippen LogP contribution < -0.4 is 10.6 Å². The predicted molar refractivity (Wildman–Crippen MR) is 130 cm³/mol. The summed E-state index contributed by atoms with van der Waals surface area (Å²) in [6.07, 6.45) is 5.18. The normalized spacial score (nSPS) is 21.7. The van der Waals surface area contributed by atoms with Crippen molar-refractivity contribution in [3.05, 3.63) is 0 Å². The first-order valence-corrected chi connectivity index (χ1v) is 11.2. The molecule has 0 aliphatic carbocycles. The molecule has 2 rings (SSSR count). The second-order valence-electron chi connectivity index (χ2n) is 8.34. The van der Waals surface area contributed by atoms with Crippen LogP contribution in [0.25, 0.3) is 0 Å². The number of guanidine groups is 1. The van der Waals surface area contributed by atoms with Crippen molar-refractivity contribution in [1.82, 2.24) is 20.4 Å². The highest BCUT2D eigenvalue weighted by molar-refractivity contribution is 14.0. The van der Waals surface area contributed by atoms with Crippen molar-refractivity contribution in [2.75, 3.05) is 59.0 Å². The Labute approximate surface area is 194 Å². The summed E-state index contributed by atoms with van der Waals surface area (Å²) in [5.74, 6) is 1.84. The highest BCUT2D eigenvalue weighted by atomic mass is 127. The Morgan fingerprint density at radius 1 is 1.24 bits per heavy atom. The van der Waals surface area contributed by atoms with Gasteiger partial charge in [0.15, 0.2) is 5.96 Å². The number of morpholine rings is 1. The van der Waals surface area contributed by atoms with E-state index in [4.69, 9.17) is 9.73 Å². The van der Waals surface area contributed by atoms with Crippen LogP contribution in [0.1, 0.15) is 52.9 Å². The summed E-state index contributed by atoms with van der Waals surface area (Å²) in [5, 5.41) is 6.72. The van der Waals surface area contributed by atoms with E-state index in [0.717, 1.165) is 77.6 Å². The molecule has 7 nitrogen and oxygen atoms in total. The molecule has 2 fully saturated rings. The summed E-state index contributed by atoms with van der Waals surface area (Å²) in [5.41, 5.74) is 0. The first kappa shape index (κ1) is 26.4. The van der Waals surface area contributed by atoms with Crippen LogP contribution in [-0.2, 0) is 9.53 Å². The van der Waals surface area contributed by atoms with Crippen LogP contribution in [0.5, 0.6) is 0 Å². The van der Waals surface area contributed by atoms with E-state index >= 15 is 0 Å². The molecule has 0 saturated carbocycles. The summed E-state index contributed by atoms with van der Waals surface area (Å²) in [6, 6.07) is 0. The average molecular weight is 524 g/mol. The highest BCUT2D eigenvalue weighted by Gasteiger charge is 2.21. The SMILES string of the molecule is CCNC(=NCC1CN(CC(C)C)CCO1)NCCCN1CCCCCC1=O.I. The zero-order chi connectivity index (χ0) is 20.2. The Balaban J connectivity index is 0.00000420. The molecule has 0 radical (unpaired) electrons. The third-order valence-corrected chi connectivity index (χ3v) is 5.21. The Morgan fingerprint density at radius 3 is 2.83 bits per heavy atom. The van der Waals surface area contributed by atoms with Gasteiger partial charge in [0.2, 0.25) is 5.91 Å². The van der Waals surface area contributed by atoms with Gasteiger partial charge in [-0.2, -0.15) is 0 Å². The van der Waals surface area contributed by atoms with Gasteiger partial charge in [-0.1, -0.05) is 20.3 Å². The highest BCUT2D eigenvalue weighted by Crippen LogP contribution is 2.11. The zero-order valence-corrected chi connectivity index (χ0v) is 21.0. The minimum atomic E-state index is 0. The quantitative estimate of drug-likeness (QED) is 0.210. The van der Waals surface area contributed by atoms with Crippen molar-refractivity contribution in [2.24, 2.45) is 10.9 Å². The molecule has 2 saturated heterocycles. The number of aliphatic imine (C=N–C) groups is 1. The number of hydrogen-bond acceptors (Lipinski definition) is 4. The van der Waals surface area contributed by atoms with Crippen LogP contribution in [0, 0.1) is 5.92 Å². The van der Waals surface area contributed by atoms with E-state index in [1.807, 2.05) is 4.90 Å². The number of rotatable bonds is 9. The molecule has 2 aliphatic heterocycles. The van der Waals surface area contributed by atoms with Gasteiger partial charge in [-0.3, -0.25) is 14.7 Å².